The van der Waals surface area contributed by atoms with Gasteiger partial charge in [-0.1, -0.05) is 35.3 Å². The van der Waals surface area contributed by atoms with Crippen molar-refractivity contribution in [3.63, 3.8) is 0 Å². The van der Waals surface area contributed by atoms with Crippen LogP contribution in [0, 0.1) is 0 Å². The van der Waals surface area contributed by atoms with E-state index in [1.54, 1.807) is 36.4 Å². The predicted octanol–water partition coefficient (Wildman–Crippen LogP) is 3.36. The summed E-state index contributed by atoms with van der Waals surface area (Å²) in [5.74, 6) is -0.494. The molecule has 0 saturated carbocycles. The van der Waals surface area contributed by atoms with Crippen LogP contribution in [0.2, 0.25) is 10.0 Å². The highest BCUT2D eigenvalue weighted by atomic mass is 35.5. The van der Waals surface area contributed by atoms with Crippen molar-refractivity contribution in [1.29, 1.82) is 0 Å². The molecule has 0 heterocycles. The summed E-state index contributed by atoms with van der Waals surface area (Å²) in [4.78, 5) is 11.8. The van der Waals surface area contributed by atoms with E-state index >= 15 is 0 Å². The Kier molecular flexibility index (Phi) is 5.07. The number of carbonyl (C=O) groups is 1. The van der Waals surface area contributed by atoms with Gasteiger partial charge in [0.25, 0.3) is 0 Å². The van der Waals surface area contributed by atoms with Crippen molar-refractivity contribution in [2.45, 2.75) is 0 Å². The third-order valence-electron chi connectivity index (χ3n) is 2.86. The van der Waals surface area contributed by atoms with Crippen LogP contribution >= 0.6 is 23.2 Å². The van der Waals surface area contributed by atoms with Crippen LogP contribution in [-0.4, -0.2) is 19.1 Å². The van der Waals surface area contributed by atoms with Crippen molar-refractivity contribution in [3.05, 3.63) is 52.0 Å². The van der Waals surface area contributed by atoms with E-state index in [1.165, 1.54) is 0 Å². The Labute approximate surface area is 132 Å². The molecule has 2 rings (SSSR count). The molecule has 0 aliphatic carbocycles. The van der Waals surface area contributed by atoms with E-state index in [0.717, 1.165) is 11.1 Å². The summed E-state index contributed by atoms with van der Waals surface area (Å²) in [5, 5.41) is 1.07. The second-order valence-electron chi connectivity index (χ2n) is 4.35. The van der Waals surface area contributed by atoms with Crippen molar-refractivity contribution in [2.24, 2.45) is 5.73 Å². The van der Waals surface area contributed by atoms with Crippen molar-refractivity contribution >= 4 is 34.9 Å². The van der Waals surface area contributed by atoms with Gasteiger partial charge >= 0.3 is 5.97 Å². The third-order valence-corrected chi connectivity index (χ3v) is 3.41. The number of anilines is 1. The lowest BCUT2D eigenvalue weighted by Gasteiger charge is -2.10. The van der Waals surface area contributed by atoms with Crippen LogP contribution in [-0.2, 0) is 4.74 Å². The molecule has 0 spiro atoms. The van der Waals surface area contributed by atoms with E-state index in [9.17, 15) is 4.79 Å². The van der Waals surface area contributed by atoms with Gasteiger partial charge in [-0.05, 0) is 29.8 Å². The molecule has 0 aromatic heterocycles. The first-order chi connectivity index (χ1) is 10.0. The van der Waals surface area contributed by atoms with Gasteiger partial charge in [-0.25, -0.2) is 4.79 Å². The Bertz CT molecular complexity index is 675. The van der Waals surface area contributed by atoms with Crippen LogP contribution in [0.3, 0.4) is 0 Å². The molecular weight excluding hydrogens is 311 g/mol. The molecule has 0 bridgehead atoms. The van der Waals surface area contributed by atoms with Gasteiger partial charge in [-0.15, -0.1) is 0 Å². The number of nitrogen functional groups attached to an aromatic ring is 1. The summed E-state index contributed by atoms with van der Waals surface area (Å²) >= 11 is 12.0. The first-order valence-electron chi connectivity index (χ1n) is 6.25. The number of benzene rings is 2. The SMILES string of the molecule is NCCOC(=O)c1ccc(-c2ccc(Cl)cc2Cl)cc1N. The number of carbonyl (C=O) groups excluding carboxylic acids is 1. The molecule has 0 unspecified atom stereocenters. The molecule has 6 heteroatoms. The van der Waals surface area contributed by atoms with Crippen molar-refractivity contribution < 1.29 is 9.53 Å². The summed E-state index contributed by atoms with van der Waals surface area (Å²) < 4.78 is 4.96. The monoisotopic (exact) mass is 324 g/mol. The van der Waals surface area contributed by atoms with Crippen LogP contribution in [0.15, 0.2) is 36.4 Å². The minimum atomic E-state index is -0.494. The molecule has 0 fully saturated rings. The summed E-state index contributed by atoms with van der Waals surface area (Å²) in [6.45, 7) is 0.424. The van der Waals surface area contributed by atoms with Crippen molar-refractivity contribution in [3.8, 4) is 11.1 Å². The van der Waals surface area contributed by atoms with E-state index in [2.05, 4.69) is 0 Å². The predicted molar refractivity (Wildman–Crippen MR) is 85.6 cm³/mol. The van der Waals surface area contributed by atoms with Gasteiger partial charge in [0.15, 0.2) is 0 Å². The third kappa shape index (κ3) is 3.67. The normalized spacial score (nSPS) is 10.4. The number of nitrogens with two attached hydrogens (primary N) is 2. The zero-order valence-corrected chi connectivity index (χ0v) is 12.6. The number of esters is 1. The van der Waals surface area contributed by atoms with Crippen LogP contribution in [0.1, 0.15) is 10.4 Å². The molecular formula is C15H14Cl2N2O2. The molecule has 0 saturated heterocycles. The molecule has 21 heavy (non-hydrogen) atoms. The first-order valence-corrected chi connectivity index (χ1v) is 7.00. The molecule has 0 radical (unpaired) electrons. The largest absolute Gasteiger partial charge is 0.461 e. The zero-order valence-electron chi connectivity index (χ0n) is 11.1. The van der Waals surface area contributed by atoms with Crippen LogP contribution in [0.25, 0.3) is 11.1 Å². The molecule has 110 valence electrons. The van der Waals surface area contributed by atoms with E-state index in [4.69, 9.17) is 39.4 Å². The molecule has 2 aromatic rings. The summed E-state index contributed by atoms with van der Waals surface area (Å²) in [6.07, 6.45) is 0. The molecule has 2 aromatic carbocycles. The molecule has 0 atom stereocenters. The van der Waals surface area contributed by atoms with Gasteiger partial charge < -0.3 is 16.2 Å². The van der Waals surface area contributed by atoms with E-state index in [1.807, 2.05) is 0 Å². The summed E-state index contributed by atoms with van der Waals surface area (Å²) in [6, 6.07) is 10.2. The molecule has 0 amide bonds. The standard InChI is InChI=1S/C15H14Cl2N2O2/c16-10-2-4-11(13(17)8-10)9-1-3-12(14(19)7-9)15(20)21-6-5-18/h1-4,7-8H,5-6,18-19H2. The van der Waals surface area contributed by atoms with E-state index in [-0.39, 0.29) is 13.2 Å². The van der Waals surface area contributed by atoms with Crippen molar-refractivity contribution in [1.82, 2.24) is 0 Å². The number of hydrogen-bond acceptors (Lipinski definition) is 4. The Balaban J connectivity index is 2.32. The topological polar surface area (TPSA) is 78.3 Å². The molecule has 0 aliphatic heterocycles. The smallest absolute Gasteiger partial charge is 0.340 e. The van der Waals surface area contributed by atoms with Gasteiger partial charge in [0.1, 0.15) is 6.61 Å². The highest BCUT2D eigenvalue weighted by molar-refractivity contribution is 6.36. The van der Waals surface area contributed by atoms with Crippen LogP contribution < -0.4 is 11.5 Å². The number of ether oxygens (including phenoxy) is 1. The molecule has 4 N–H and O–H groups in total. The van der Waals surface area contributed by atoms with E-state index in [0.29, 0.717) is 21.3 Å². The van der Waals surface area contributed by atoms with Gasteiger partial charge in [-0.2, -0.15) is 0 Å². The average molecular weight is 325 g/mol. The average Bonchev–Trinajstić information content (AvgIpc) is 2.44. The number of rotatable bonds is 4. The Morgan fingerprint density at radius 3 is 2.52 bits per heavy atom. The van der Waals surface area contributed by atoms with Crippen LogP contribution in [0.4, 0.5) is 5.69 Å². The van der Waals surface area contributed by atoms with Crippen molar-refractivity contribution in [2.75, 3.05) is 18.9 Å². The zero-order chi connectivity index (χ0) is 15.4. The number of hydrogen-bond donors (Lipinski definition) is 2. The molecule has 4 nitrogen and oxygen atoms in total. The quantitative estimate of drug-likeness (QED) is 0.667. The summed E-state index contributed by atoms with van der Waals surface area (Å²) in [5.41, 5.74) is 13.4. The lowest BCUT2D eigenvalue weighted by atomic mass is 10.0. The minimum Gasteiger partial charge on any atom is -0.461 e. The lowest BCUT2D eigenvalue weighted by molar-refractivity contribution is 0.0518. The Hall–Kier alpha value is -1.75. The van der Waals surface area contributed by atoms with Gasteiger partial charge in [0.05, 0.1) is 5.56 Å². The number of halogens is 2. The Morgan fingerprint density at radius 2 is 1.90 bits per heavy atom. The van der Waals surface area contributed by atoms with Gasteiger partial charge in [0.2, 0.25) is 0 Å². The first kappa shape index (κ1) is 15.6. The highest BCUT2D eigenvalue weighted by Crippen LogP contribution is 2.32. The second kappa shape index (κ2) is 6.80. The fourth-order valence-electron chi connectivity index (χ4n) is 1.87. The molecule has 0 aliphatic rings. The van der Waals surface area contributed by atoms with Crippen LogP contribution in [0.5, 0.6) is 0 Å². The maximum atomic E-state index is 11.8. The minimum absolute atomic E-state index is 0.156. The Morgan fingerprint density at radius 1 is 1.14 bits per heavy atom. The lowest BCUT2D eigenvalue weighted by Crippen LogP contribution is -2.14. The van der Waals surface area contributed by atoms with E-state index < -0.39 is 5.97 Å². The summed E-state index contributed by atoms with van der Waals surface area (Å²) in [7, 11) is 0. The fraction of sp³-hybridized carbons (Fsp3) is 0.133. The fourth-order valence-corrected chi connectivity index (χ4v) is 2.39. The highest BCUT2D eigenvalue weighted by Gasteiger charge is 2.13. The van der Waals surface area contributed by atoms with Gasteiger partial charge in [0, 0.05) is 27.8 Å². The van der Waals surface area contributed by atoms with Gasteiger partial charge in [-0.3, -0.25) is 0 Å². The second-order valence-corrected chi connectivity index (χ2v) is 5.19. The maximum absolute atomic E-state index is 11.8. The maximum Gasteiger partial charge on any atom is 0.340 e.